The van der Waals surface area contributed by atoms with Gasteiger partial charge in [-0.15, -0.1) is 5.10 Å². The topological polar surface area (TPSA) is 68.6 Å². The van der Waals surface area contributed by atoms with Crippen molar-refractivity contribution in [3.63, 3.8) is 0 Å². The summed E-state index contributed by atoms with van der Waals surface area (Å²) in [5, 5.41) is 8.72. The lowest BCUT2D eigenvalue weighted by Crippen LogP contribution is -2.19. The summed E-state index contributed by atoms with van der Waals surface area (Å²) in [6.07, 6.45) is 8.05. The number of nitrogens with zero attached hydrogens (tertiary/aromatic N) is 4. The van der Waals surface area contributed by atoms with Crippen LogP contribution in [0.4, 0.5) is 0 Å². The van der Waals surface area contributed by atoms with Gasteiger partial charge < -0.3 is 9.72 Å². The predicted molar refractivity (Wildman–Crippen MR) is 99.0 cm³/mol. The largest absolute Gasteiger partial charge is 0.381 e. The molecule has 0 amide bonds. The van der Waals surface area contributed by atoms with Crippen LogP contribution in [-0.4, -0.2) is 38.2 Å². The van der Waals surface area contributed by atoms with E-state index in [1.165, 1.54) is 25.7 Å². The first kappa shape index (κ1) is 16.0. The highest BCUT2D eigenvalue weighted by Crippen LogP contribution is 2.36. The highest BCUT2D eigenvalue weighted by Gasteiger charge is 2.26. The summed E-state index contributed by atoms with van der Waals surface area (Å²) in [7, 11) is 0. The SMILES string of the molecule is c1ccc2[nH]c(C3CCC(Cn4cc(C5CCOC5)nn4)CC3)nc2c1. The average Bonchev–Trinajstić information content (AvgIpc) is 3.42. The van der Waals surface area contributed by atoms with Crippen LogP contribution in [0.5, 0.6) is 0 Å². The maximum atomic E-state index is 5.46. The summed E-state index contributed by atoms with van der Waals surface area (Å²) in [5.74, 6) is 2.84. The number of aromatic nitrogens is 5. The second-order valence-corrected chi connectivity index (χ2v) is 7.78. The van der Waals surface area contributed by atoms with Crippen LogP contribution in [0.3, 0.4) is 0 Å². The second-order valence-electron chi connectivity index (χ2n) is 7.78. The molecule has 2 aromatic heterocycles. The molecule has 1 unspecified atom stereocenters. The fraction of sp³-hybridized carbons (Fsp3) is 0.550. The number of fused-ring (bicyclic) bond motifs is 1. The van der Waals surface area contributed by atoms with Crippen LogP contribution in [-0.2, 0) is 11.3 Å². The van der Waals surface area contributed by atoms with Gasteiger partial charge in [-0.25, -0.2) is 4.98 Å². The van der Waals surface area contributed by atoms with Gasteiger partial charge in [-0.05, 0) is 50.2 Å². The third-order valence-corrected chi connectivity index (χ3v) is 5.99. The molecule has 1 saturated heterocycles. The van der Waals surface area contributed by atoms with Crippen molar-refractivity contribution in [1.82, 2.24) is 25.0 Å². The molecule has 1 aromatic carbocycles. The lowest BCUT2D eigenvalue weighted by Gasteiger charge is -2.27. The first-order chi connectivity index (χ1) is 12.8. The lowest BCUT2D eigenvalue weighted by atomic mass is 9.81. The van der Waals surface area contributed by atoms with Crippen LogP contribution in [0.1, 0.15) is 55.5 Å². The molecule has 2 fully saturated rings. The van der Waals surface area contributed by atoms with Crippen LogP contribution in [0.2, 0.25) is 0 Å². The quantitative estimate of drug-likeness (QED) is 0.779. The Hall–Kier alpha value is -2.21. The first-order valence-corrected chi connectivity index (χ1v) is 9.77. The van der Waals surface area contributed by atoms with Gasteiger partial charge in [-0.1, -0.05) is 17.3 Å². The first-order valence-electron chi connectivity index (χ1n) is 9.77. The van der Waals surface area contributed by atoms with Crippen LogP contribution >= 0.6 is 0 Å². The van der Waals surface area contributed by atoms with E-state index < -0.39 is 0 Å². The Kier molecular flexibility index (Phi) is 4.21. The summed E-state index contributed by atoms with van der Waals surface area (Å²) in [4.78, 5) is 8.31. The molecule has 3 heterocycles. The lowest BCUT2D eigenvalue weighted by molar-refractivity contribution is 0.193. The molecule has 2 aliphatic rings. The number of benzene rings is 1. The van der Waals surface area contributed by atoms with Gasteiger partial charge >= 0.3 is 0 Å². The van der Waals surface area contributed by atoms with Gasteiger partial charge in [-0.3, -0.25) is 4.68 Å². The van der Waals surface area contributed by atoms with Crippen LogP contribution in [0.15, 0.2) is 30.5 Å². The van der Waals surface area contributed by atoms with E-state index in [4.69, 9.17) is 9.72 Å². The van der Waals surface area contributed by atoms with Gasteiger partial charge in [0.25, 0.3) is 0 Å². The molecule has 136 valence electrons. The Bertz CT molecular complexity index is 838. The fourth-order valence-electron chi connectivity index (χ4n) is 4.41. The number of imidazole rings is 1. The van der Waals surface area contributed by atoms with Crippen molar-refractivity contribution in [3.05, 3.63) is 42.0 Å². The minimum atomic E-state index is 0.438. The van der Waals surface area contributed by atoms with Crippen molar-refractivity contribution >= 4 is 11.0 Å². The number of H-pyrrole nitrogens is 1. The number of aromatic amines is 1. The van der Waals surface area contributed by atoms with E-state index in [1.54, 1.807) is 0 Å². The van der Waals surface area contributed by atoms with Crippen LogP contribution < -0.4 is 0 Å². The van der Waals surface area contributed by atoms with Gasteiger partial charge in [0.15, 0.2) is 0 Å². The Morgan fingerprint density at radius 1 is 1.08 bits per heavy atom. The summed E-state index contributed by atoms with van der Waals surface area (Å²) in [6, 6.07) is 8.30. The fourth-order valence-corrected chi connectivity index (χ4v) is 4.41. The molecule has 5 rings (SSSR count). The third kappa shape index (κ3) is 3.14. The number of hydrogen-bond donors (Lipinski definition) is 1. The van der Waals surface area contributed by atoms with Gasteiger partial charge in [-0.2, -0.15) is 0 Å². The molecule has 6 heteroatoms. The van der Waals surface area contributed by atoms with E-state index in [-0.39, 0.29) is 0 Å². The summed E-state index contributed by atoms with van der Waals surface area (Å²) in [6.45, 7) is 2.62. The number of nitrogens with one attached hydrogen (secondary N) is 1. The zero-order valence-corrected chi connectivity index (χ0v) is 15.0. The van der Waals surface area contributed by atoms with Gasteiger partial charge in [0, 0.05) is 31.2 Å². The molecule has 3 aromatic rings. The molecule has 1 aliphatic heterocycles. The number of ether oxygens (including phenoxy) is 1. The van der Waals surface area contributed by atoms with Crippen molar-refractivity contribution in [2.45, 2.75) is 50.5 Å². The normalized spacial score (nSPS) is 26.5. The highest BCUT2D eigenvalue weighted by molar-refractivity contribution is 5.74. The van der Waals surface area contributed by atoms with E-state index in [2.05, 4.69) is 39.7 Å². The Labute approximate surface area is 153 Å². The Morgan fingerprint density at radius 2 is 1.96 bits per heavy atom. The van der Waals surface area contributed by atoms with E-state index in [1.807, 2.05) is 10.7 Å². The Morgan fingerprint density at radius 3 is 2.77 bits per heavy atom. The van der Waals surface area contributed by atoms with Gasteiger partial charge in [0.1, 0.15) is 5.82 Å². The summed E-state index contributed by atoms with van der Waals surface area (Å²) < 4.78 is 7.50. The molecule has 1 N–H and O–H groups in total. The zero-order chi connectivity index (χ0) is 17.3. The molecule has 6 nitrogen and oxygen atoms in total. The standard InChI is InChI=1S/C20H25N5O/c1-2-4-18-17(3-1)21-20(22-18)15-7-5-14(6-8-15)11-25-12-19(23-24-25)16-9-10-26-13-16/h1-4,12,14-16H,5-11,13H2,(H,21,22). The maximum Gasteiger partial charge on any atom is 0.110 e. The zero-order valence-electron chi connectivity index (χ0n) is 15.0. The van der Waals surface area contributed by atoms with E-state index in [0.29, 0.717) is 17.8 Å². The van der Waals surface area contributed by atoms with Crippen molar-refractivity contribution in [2.75, 3.05) is 13.2 Å². The minimum Gasteiger partial charge on any atom is -0.381 e. The highest BCUT2D eigenvalue weighted by atomic mass is 16.5. The molecule has 1 aliphatic carbocycles. The smallest absolute Gasteiger partial charge is 0.110 e. The predicted octanol–water partition coefficient (Wildman–Crippen LogP) is 3.63. The van der Waals surface area contributed by atoms with Crippen molar-refractivity contribution < 1.29 is 4.74 Å². The molecule has 0 radical (unpaired) electrons. The molecular formula is C20H25N5O. The van der Waals surface area contributed by atoms with E-state index in [9.17, 15) is 0 Å². The molecule has 26 heavy (non-hydrogen) atoms. The minimum absolute atomic E-state index is 0.438. The third-order valence-electron chi connectivity index (χ3n) is 5.99. The summed E-state index contributed by atoms with van der Waals surface area (Å²) >= 11 is 0. The van der Waals surface area contributed by atoms with E-state index >= 15 is 0 Å². The Balaban J connectivity index is 1.19. The average molecular weight is 351 g/mol. The summed E-state index contributed by atoms with van der Waals surface area (Å²) in [5.41, 5.74) is 3.32. The molecule has 0 spiro atoms. The van der Waals surface area contributed by atoms with Crippen molar-refractivity contribution in [1.29, 1.82) is 0 Å². The second kappa shape index (κ2) is 6.83. The molecular weight excluding hydrogens is 326 g/mol. The van der Waals surface area contributed by atoms with Crippen LogP contribution in [0, 0.1) is 5.92 Å². The number of para-hydroxylation sites is 2. The maximum absolute atomic E-state index is 5.46. The van der Waals surface area contributed by atoms with Gasteiger partial charge in [0.05, 0.1) is 23.3 Å². The van der Waals surface area contributed by atoms with E-state index in [0.717, 1.165) is 48.7 Å². The van der Waals surface area contributed by atoms with Gasteiger partial charge in [0.2, 0.25) is 0 Å². The molecule has 0 bridgehead atoms. The van der Waals surface area contributed by atoms with Crippen LogP contribution in [0.25, 0.3) is 11.0 Å². The number of rotatable bonds is 4. The molecule has 1 atom stereocenters. The number of hydrogen-bond acceptors (Lipinski definition) is 4. The van der Waals surface area contributed by atoms with Crippen molar-refractivity contribution in [2.24, 2.45) is 5.92 Å². The molecule has 1 saturated carbocycles. The monoisotopic (exact) mass is 351 g/mol. The van der Waals surface area contributed by atoms with Crippen molar-refractivity contribution in [3.8, 4) is 0 Å².